The molecule has 0 aromatic heterocycles. The SMILES string of the molecule is C=CCNC(=O)CN1CCN(C(=O)C2(COC)CCNCC2)CC1. The summed E-state index contributed by atoms with van der Waals surface area (Å²) in [5, 5.41) is 6.10. The molecule has 0 unspecified atom stereocenters. The molecule has 0 bridgehead atoms. The first-order valence-corrected chi connectivity index (χ1v) is 8.70. The summed E-state index contributed by atoms with van der Waals surface area (Å²) in [6.07, 6.45) is 3.32. The molecule has 2 rings (SSSR count). The first-order valence-electron chi connectivity index (χ1n) is 8.70. The quantitative estimate of drug-likeness (QED) is 0.609. The van der Waals surface area contributed by atoms with E-state index in [0.717, 1.165) is 39.0 Å². The largest absolute Gasteiger partial charge is 0.384 e. The zero-order valence-corrected chi connectivity index (χ0v) is 14.7. The van der Waals surface area contributed by atoms with Crippen molar-refractivity contribution in [2.75, 3.05) is 66.1 Å². The molecule has 0 saturated carbocycles. The van der Waals surface area contributed by atoms with Gasteiger partial charge in [-0.3, -0.25) is 14.5 Å². The highest BCUT2D eigenvalue weighted by Gasteiger charge is 2.42. The van der Waals surface area contributed by atoms with Gasteiger partial charge in [0.2, 0.25) is 11.8 Å². The number of methoxy groups -OCH3 is 1. The van der Waals surface area contributed by atoms with Crippen molar-refractivity contribution in [3.05, 3.63) is 12.7 Å². The Hall–Kier alpha value is -1.44. The number of ether oxygens (including phenoxy) is 1. The van der Waals surface area contributed by atoms with Crippen LogP contribution < -0.4 is 10.6 Å². The van der Waals surface area contributed by atoms with E-state index in [9.17, 15) is 9.59 Å². The topological polar surface area (TPSA) is 73.9 Å². The normalized spacial score (nSPS) is 21.3. The van der Waals surface area contributed by atoms with Crippen molar-refractivity contribution < 1.29 is 14.3 Å². The molecule has 0 atom stereocenters. The van der Waals surface area contributed by atoms with Crippen molar-refractivity contribution in [2.24, 2.45) is 5.41 Å². The Morgan fingerprint density at radius 2 is 1.92 bits per heavy atom. The van der Waals surface area contributed by atoms with Gasteiger partial charge in [0, 0.05) is 39.8 Å². The van der Waals surface area contributed by atoms with Crippen molar-refractivity contribution in [1.82, 2.24) is 20.4 Å². The van der Waals surface area contributed by atoms with Gasteiger partial charge in [-0.25, -0.2) is 0 Å². The van der Waals surface area contributed by atoms with E-state index in [-0.39, 0.29) is 17.2 Å². The molecule has 0 aromatic rings. The Morgan fingerprint density at radius 3 is 2.50 bits per heavy atom. The lowest BCUT2D eigenvalue weighted by molar-refractivity contribution is -0.149. The van der Waals surface area contributed by atoms with Gasteiger partial charge in [-0.05, 0) is 25.9 Å². The third kappa shape index (κ3) is 4.78. The molecule has 2 fully saturated rings. The minimum absolute atomic E-state index is 0.00360. The molecular weight excluding hydrogens is 308 g/mol. The molecule has 2 heterocycles. The monoisotopic (exact) mass is 338 g/mol. The molecule has 0 aliphatic carbocycles. The van der Waals surface area contributed by atoms with E-state index in [0.29, 0.717) is 32.8 Å². The van der Waals surface area contributed by atoms with Crippen LogP contribution in [0.2, 0.25) is 0 Å². The van der Waals surface area contributed by atoms with Crippen LogP contribution >= 0.6 is 0 Å². The van der Waals surface area contributed by atoms with Crippen LogP contribution in [0.4, 0.5) is 0 Å². The molecule has 24 heavy (non-hydrogen) atoms. The lowest BCUT2D eigenvalue weighted by atomic mass is 9.78. The Balaban J connectivity index is 1.85. The molecule has 7 nitrogen and oxygen atoms in total. The van der Waals surface area contributed by atoms with Crippen LogP contribution in [-0.2, 0) is 14.3 Å². The van der Waals surface area contributed by atoms with Crippen LogP contribution in [0.25, 0.3) is 0 Å². The molecule has 136 valence electrons. The van der Waals surface area contributed by atoms with Crippen LogP contribution in [0.1, 0.15) is 12.8 Å². The molecular formula is C17H30N4O3. The second-order valence-electron chi connectivity index (χ2n) is 6.62. The van der Waals surface area contributed by atoms with Crippen molar-refractivity contribution in [3.63, 3.8) is 0 Å². The van der Waals surface area contributed by atoms with Gasteiger partial charge in [0.1, 0.15) is 0 Å². The van der Waals surface area contributed by atoms with E-state index >= 15 is 0 Å². The summed E-state index contributed by atoms with van der Waals surface area (Å²) in [4.78, 5) is 28.8. The number of rotatable bonds is 7. The van der Waals surface area contributed by atoms with Gasteiger partial charge >= 0.3 is 0 Å². The average molecular weight is 338 g/mol. The predicted molar refractivity (Wildman–Crippen MR) is 92.6 cm³/mol. The zero-order valence-electron chi connectivity index (χ0n) is 14.7. The summed E-state index contributed by atoms with van der Waals surface area (Å²) < 4.78 is 5.36. The summed E-state index contributed by atoms with van der Waals surface area (Å²) in [6, 6.07) is 0. The van der Waals surface area contributed by atoms with E-state index in [1.54, 1.807) is 13.2 Å². The first kappa shape index (κ1) is 18.9. The van der Waals surface area contributed by atoms with Crippen LogP contribution in [0.3, 0.4) is 0 Å². The van der Waals surface area contributed by atoms with Crippen molar-refractivity contribution in [3.8, 4) is 0 Å². The van der Waals surface area contributed by atoms with Crippen molar-refractivity contribution in [2.45, 2.75) is 12.8 Å². The predicted octanol–water partition coefficient (Wildman–Crippen LogP) is -0.551. The fourth-order valence-corrected chi connectivity index (χ4v) is 3.49. The smallest absolute Gasteiger partial charge is 0.234 e. The van der Waals surface area contributed by atoms with Crippen molar-refractivity contribution in [1.29, 1.82) is 0 Å². The van der Waals surface area contributed by atoms with Gasteiger partial charge in [0.05, 0.1) is 18.6 Å². The Morgan fingerprint density at radius 1 is 1.25 bits per heavy atom. The maximum absolute atomic E-state index is 13.0. The molecule has 2 amide bonds. The molecule has 0 radical (unpaired) electrons. The van der Waals surface area contributed by atoms with Gasteiger partial charge < -0.3 is 20.3 Å². The van der Waals surface area contributed by atoms with E-state index in [4.69, 9.17) is 4.74 Å². The minimum Gasteiger partial charge on any atom is -0.384 e. The number of amides is 2. The second kappa shape index (κ2) is 9.15. The zero-order chi connectivity index (χ0) is 17.4. The van der Waals surface area contributed by atoms with Crippen LogP contribution in [0.15, 0.2) is 12.7 Å². The number of nitrogens with one attached hydrogen (secondary N) is 2. The number of piperidine rings is 1. The maximum Gasteiger partial charge on any atom is 0.234 e. The van der Waals surface area contributed by atoms with Crippen LogP contribution in [-0.4, -0.2) is 87.7 Å². The highest BCUT2D eigenvalue weighted by Crippen LogP contribution is 2.32. The van der Waals surface area contributed by atoms with Gasteiger partial charge in [-0.1, -0.05) is 6.08 Å². The summed E-state index contributed by atoms with van der Waals surface area (Å²) in [7, 11) is 1.66. The summed E-state index contributed by atoms with van der Waals surface area (Å²) in [5.41, 5.74) is -0.385. The van der Waals surface area contributed by atoms with Crippen molar-refractivity contribution >= 4 is 11.8 Å². The van der Waals surface area contributed by atoms with Crippen LogP contribution in [0.5, 0.6) is 0 Å². The van der Waals surface area contributed by atoms with Gasteiger partial charge in [-0.2, -0.15) is 0 Å². The number of carbonyl (C=O) groups is 2. The fraction of sp³-hybridized carbons (Fsp3) is 0.765. The van der Waals surface area contributed by atoms with E-state index < -0.39 is 0 Å². The number of hydrogen-bond acceptors (Lipinski definition) is 5. The fourth-order valence-electron chi connectivity index (χ4n) is 3.49. The van der Waals surface area contributed by atoms with Gasteiger partial charge in [0.15, 0.2) is 0 Å². The Bertz CT molecular complexity index is 436. The highest BCUT2D eigenvalue weighted by molar-refractivity contribution is 5.83. The number of hydrogen-bond donors (Lipinski definition) is 2. The first-order chi connectivity index (χ1) is 11.6. The number of piperazine rings is 1. The number of nitrogens with zero attached hydrogens (tertiary/aromatic N) is 2. The van der Waals surface area contributed by atoms with E-state index in [1.807, 2.05) is 4.90 Å². The lowest BCUT2D eigenvalue weighted by Gasteiger charge is -2.42. The highest BCUT2D eigenvalue weighted by atomic mass is 16.5. The molecule has 2 aliphatic heterocycles. The average Bonchev–Trinajstić information content (AvgIpc) is 2.61. The van der Waals surface area contributed by atoms with Gasteiger partial charge in [-0.15, -0.1) is 6.58 Å². The molecule has 7 heteroatoms. The third-order valence-corrected chi connectivity index (χ3v) is 4.91. The molecule has 0 spiro atoms. The van der Waals surface area contributed by atoms with E-state index in [1.165, 1.54) is 0 Å². The maximum atomic E-state index is 13.0. The summed E-state index contributed by atoms with van der Waals surface area (Å²) >= 11 is 0. The van der Waals surface area contributed by atoms with Crippen LogP contribution in [0, 0.1) is 5.41 Å². The summed E-state index contributed by atoms with van der Waals surface area (Å²) in [6.45, 7) is 9.47. The Labute approximate surface area is 144 Å². The molecule has 2 saturated heterocycles. The van der Waals surface area contributed by atoms with Gasteiger partial charge in [0.25, 0.3) is 0 Å². The molecule has 2 N–H and O–H groups in total. The standard InChI is InChI=1S/C17H30N4O3/c1-3-6-19-15(22)13-20-9-11-21(12-10-20)16(23)17(14-24-2)4-7-18-8-5-17/h3,18H,1,4-14H2,2H3,(H,19,22). The number of carbonyl (C=O) groups excluding carboxylic acids is 2. The third-order valence-electron chi connectivity index (χ3n) is 4.91. The second-order valence-corrected chi connectivity index (χ2v) is 6.62. The minimum atomic E-state index is -0.385. The molecule has 2 aliphatic rings. The lowest BCUT2D eigenvalue weighted by Crippen LogP contribution is -2.57. The Kier molecular flexibility index (Phi) is 7.20. The summed E-state index contributed by atoms with van der Waals surface area (Å²) in [5.74, 6) is 0.213. The molecule has 0 aromatic carbocycles. The van der Waals surface area contributed by atoms with E-state index in [2.05, 4.69) is 22.1 Å².